The Kier molecular flexibility index (Phi) is 6.60. The van der Waals surface area contributed by atoms with Gasteiger partial charge in [0.05, 0.1) is 17.1 Å². The second-order valence-corrected chi connectivity index (χ2v) is 13.7. The molecule has 8 nitrogen and oxygen atoms in total. The number of piperazine rings is 1. The molecular formula is C36H35F3N6O2. The summed E-state index contributed by atoms with van der Waals surface area (Å²) in [5.41, 5.74) is -0.0789. The van der Waals surface area contributed by atoms with Crippen LogP contribution in [0.25, 0.3) is 32.9 Å². The van der Waals surface area contributed by atoms with Crippen LogP contribution in [-0.4, -0.2) is 82.0 Å². The zero-order valence-electron chi connectivity index (χ0n) is 26.1. The molecule has 0 amide bonds. The van der Waals surface area contributed by atoms with Crippen molar-refractivity contribution in [2.24, 2.45) is 0 Å². The lowest BCUT2D eigenvalue weighted by Gasteiger charge is -2.43. The summed E-state index contributed by atoms with van der Waals surface area (Å²) in [6.07, 6.45) is 9.50. The third-order valence-corrected chi connectivity index (χ3v) is 11.1. The van der Waals surface area contributed by atoms with Crippen LogP contribution in [-0.2, 0) is 0 Å². The van der Waals surface area contributed by atoms with Crippen molar-refractivity contribution in [3.63, 3.8) is 0 Å². The van der Waals surface area contributed by atoms with Crippen molar-refractivity contribution in [3.05, 3.63) is 47.5 Å². The monoisotopic (exact) mass is 640 g/mol. The number of rotatable bonds is 5. The minimum Gasteiger partial charge on any atom is -0.472 e. The highest BCUT2D eigenvalue weighted by Crippen LogP contribution is 2.46. The molecule has 7 heterocycles. The fraction of sp³-hybridized carbons (Fsp3) is 0.472. The van der Waals surface area contributed by atoms with Crippen molar-refractivity contribution in [2.75, 3.05) is 31.1 Å². The lowest BCUT2D eigenvalue weighted by Crippen LogP contribution is -2.63. The van der Waals surface area contributed by atoms with Crippen LogP contribution < -0.4 is 19.7 Å². The third-order valence-electron chi connectivity index (χ3n) is 11.1. The van der Waals surface area contributed by atoms with E-state index in [4.69, 9.17) is 25.9 Å². The highest BCUT2D eigenvalue weighted by atomic mass is 19.1. The number of halogens is 3. The normalized spacial score (nSPS) is 29.4. The Balaban J connectivity index is 1.26. The number of pyridine rings is 1. The van der Waals surface area contributed by atoms with Crippen molar-refractivity contribution < 1.29 is 22.6 Å². The zero-order chi connectivity index (χ0) is 32.0. The molecule has 0 saturated carbocycles. The average Bonchev–Trinajstić information content (AvgIpc) is 3.71. The summed E-state index contributed by atoms with van der Waals surface area (Å²) in [5, 5.41) is 5.18. The topological polar surface area (TPSA) is 75.6 Å². The van der Waals surface area contributed by atoms with E-state index in [0.29, 0.717) is 53.5 Å². The lowest BCUT2D eigenvalue weighted by atomic mass is 9.95. The Morgan fingerprint density at radius 2 is 2.02 bits per heavy atom. The van der Waals surface area contributed by atoms with Crippen LogP contribution in [0.3, 0.4) is 0 Å². The predicted octanol–water partition coefficient (Wildman–Crippen LogP) is 5.54. The Bertz CT molecular complexity index is 1980. The molecule has 0 unspecified atom stereocenters. The maximum absolute atomic E-state index is 17.1. The predicted molar refractivity (Wildman–Crippen MR) is 172 cm³/mol. The zero-order valence-corrected chi connectivity index (χ0v) is 26.1. The smallest absolute Gasteiger partial charge is 0.319 e. The average molecular weight is 641 g/mol. The molecule has 47 heavy (non-hydrogen) atoms. The van der Waals surface area contributed by atoms with Gasteiger partial charge in [0.1, 0.15) is 47.1 Å². The van der Waals surface area contributed by atoms with E-state index in [9.17, 15) is 8.78 Å². The van der Waals surface area contributed by atoms with Crippen LogP contribution in [0.15, 0.2) is 30.3 Å². The molecule has 4 fully saturated rings. The minimum absolute atomic E-state index is 0.0117. The molecule has 11 heteroatoms. The summed E-state index contributed by atoms with van der Waals surface area (Å²) >= 11 is 0. The second-order valence-electron chi connectivity index (χ2n) is 13.7. The molecule has 2 bridgehead atoms. The van der Waals surface area contributed by atoms with Crippen molar-refractivity contribution in [3.8, 4) is 35.5 Å². The Labute approximate surface area is 270 Å². The van der Waals surface area contributed by atoms with Gasteiger partial charge in [-0.1, -0.05) is 37.1 Å². The fourth-order valence-electron chi connectivity index (χ4n) is 9.04. The molecule has 2 aromatic heterocycles. The van der Waals surface area contributed by atoms with Crippen LogP contribution in [0, 0.1) is 24.0 Å². The van der Waals surface area contributed by atoms with Crippen molar-refractivity contribution in [1.29, 1.82) is 0 Å². The van der Waals surface area contributed by atoms with Gasteiger partial charge >= 0.3 is 6.01 Å². The van der Waals surface area contributed by atoms with Crippen LogP contribution in [0.5, 0.6) is 11.9 Å². The first-order valence-electron chi connectivity index (χ1n) is 16.7. The maximum atomic E-state index is 17.1. The molecule has 4 saturated heterocycles. The molecule has 242 valence electrons. The van der Waals surface area contributed by atoms with E-state index in [2.05, 4.69) is 32.9 Å². The van der Waals surface area contributed by atoms with E-state index < -0.39 is 23.3 Å². The number of alkyl halides is 1. The number of nitrogens with one attached hydrogen (secondary N) is 1. The van der Waals surface area contributed by atoms with Crippen LogP contribution in [0.4, 0.5) is 19.0 Å². The third kappa shape index (κ3) is 4.34. The first-order valence-corrected chi connectivity index (χ1v) is 16.7. The number of aromatic nitrogens is 3. The van der Waals surface area contributed by atoms with Gasteiger partial charge in [0, 0.05) is 42.5 Å². The van der Waals surface area contributed by atoms with E-state index in [0.717, 1.165) is 32.2 Å². The summed E-state index contributed by atoms with van der Waals surface area (Å²) < 4.78 is 59.8. The van der Waals surface area contributed by atoms with Gasteiger partial charge in [-0.3, -0.25) is 4.90 Å². The highest BCUT2D eigenvalue weighted by Gasteiger charge is 2.50. The molecule has 9 rings (SSSR count). The number of terminal acetylenes is 1. The molecule has 1 N–H and O–H groups in total. The molecular weight excluding hydrogens is 605 g/mol. The number of hydrogen-bond acceptors (Lipinski definition) is 8. The molecule has 6 atom stereocenters. The van der Waals surface area contributed by atoms with Gasteiger partial charge in [-0.25, -0.2) is 18.2 Å². The SMILES string of the molecule is C#Cc1c(F)ccc2cccc(-c3nc4c5c(nc(OC[C@@]67CCCN6C[C@H](F)C7)nc5c3F)N3C[C@H]5CC[C@H](N5)[C@H]3[C@H](CC)O4)c12. The summed E-state index contributed by atoms with van der Waals surface area (Å²) in [7, 11) is 0. The first kappa shape index (κ1) is 29.0. The first-order chi connectivity index (χ1) is 22.9. The number of nitrogens with zero attached hydrogens (tertiary/aromatic N) is 5. The van der Waals surface area contributed by atoms with Crippen molar-refractivity contribution >= 4 is 27.5 Å². The summed E-state index contributed by atoms with van der Waals surface area (Å²) in [6, 6.07) is 8.59. The number of fused-ring (bicyclic) bond motifs is 7. The van der Waals surface area contributed by atoms with Crippen LogP contribution in [0.1, 0.15) is 51.0 Å². The number of hydrogen-bond donors (Lipinski definition) is 1. The number of ether oxygens (including phenoxy) is 2. The Morgan fingerprint density at radius 3 is 2.87 bits per heavy atom. The second kappa shape index (κ2) is 10.7. The minimum atomic E-state index is -0.909. The van der Waals surface area contributed by atoms with Gasteiger partial charge in [0.15, 0.2) is 5.82 Å². The summed E-state index contributed by atoms with van der Waals surface area (Å²) in [6.45, 7) is 4.17. The number of anilines is 1. The molecule has 0 spiro atoms. The van der Waals surface area contributed by atoms with E-state index in [1.807, 2.05) is 0 Å². The fourth-order valence-corrected chi connectivity index (χ4v) is 9.04. The van der Waals surface area contributed by atoms with Gasteiger partial charge < -0.3 is 19.7 Å². The highest BCUT2D eigenvalue weighted by molar-refractivity contribution is 6.03. The molecule has 2 aromatic carbocycles. The van der Waals surface area contributed by atoms with Gasteiger partial charge in [0.25, 0.3) is 0 Å². The standard InChI is InChI=1S/C36H35F3N6O2/c1-3-22-24(38)11-9-19-7-5-8-23(27(19)22)30-29(39)31-28-33(43-35(42-31)46-18-36-13-6-14-44(36)16-20(37)15-36)45-17-21-10-12-25(40-21)32(45)26(4-2)47-34(28)41-30/h1,5,7-9,11,20-21,25-26,32,40H,4,6,10,12-18H2,2H3/t20-,21-,25+,26+,32+,36+/m1/s1. The molecule has 0 aliphatic carbocycles. The van der Waals surface area contributed by atoms with Gasteiger partial charge in [-0.15, -0.1) is 6.42 Å². The maximum Gasteiger partial charge on any atom is 0.319 e. The van der Waals surface area contributed by atoms with Gasteiger partial charge in [-0.05, 0) is 50.1 Å². The van der Waals surface area contributed by atoms with Crippen LogP contribution >= 0.6 is 0 Å². The van der Waals surface area contributed by atoms with E-state index in [1.54, 1.807) is 24.3 Å². The van der Waals surface area contributed by atoms with Crippen LogP contribution in [0.2, 0.25) is 0 Å². The molecule has 4 aromatic rings. The largest absolute Gasteiger partial charge is 0.472 e. The Hall–Kier alpha value is -4.14. The quantitative estimate of drug-likeness (QED) is 0.285. The Morgan fingerprint density at radius 1 is 1.13 bits per heavy atom. The molecule has 5 aliphatic heterocycles. The van der Waals surface area contributed by atoms with E-state index in [-0.39, 0.29) is 59.5 Å². The van der Waals surface area contributed by atoms with E-state index >= 15 is 4.39 Å². The number of benzene rings is 2. The lowest BCUT2D eigenvalue weighted by molar-refractivity contribution is 0.107. The van der Waals surface area contributed by atoms with Gasteiger partial charge in [0.2, 0.25) is 5.88 Å². The molecule has 5 aliphatic rings. The van der Waals surface area contributed by atoms with Crippen molar-refractivity contribution in [2.45, 2.75) is 81.4 Å². The summed E-state index contributed by atoms with van der Waals surface area (Å²) in [5.74, 6) is 1.94. The van der Waals surface area contributed by atoms with Gasteiger partial charge in [-0.2, -0.15) is 9.97 Å². The molecule has 0 radical (unpaired) electrons. The summed E-state index contributed by atoms with van der Waals surface area (Å²) in [4.78, 5) is 18.9. The van der Waals surface area contributed by atoms with Crippen molar-refractivity contribution in [1.82, 2.24) is 25.2 Å². The van der Waals surface area contributed by atoms with E-state index in [1.165, 1.54) is 6.07 Å².